The molecule has 1 N–H and O–H groups in total. The van der Waals surface area contributed by atoms with Crippen LogP contribution >= 0.6 is 22.9 Å². The maximum absolute atomic E-state index is 6.06. The lowest BCUT2D eigenvalue weighted by atomic mass is 10.1. The minimum atomic E-state index is 0.426. The van der Waals surface area contributed by atoms with Crippen molar-refractivity contribution in [2.24, 2.45) is 0 Å². The monoisotopic (exact) mass is 500 g/mol. The summed E-state index contributed by atoms with van der Waals surface area (Å²) in [7, 11) is 1.65. The van der Waals surface area contributed by atoms with E-state index < -0.39 is 0 Å². The third-order valence-electron chi connectivity index (χ3n) is 5.68. The zero-order valence-corrected chi connectivity index (χ0v) is 21.1. The van der Waals surface area contributed by atoms with Gasteiger partial charge in [0.2, 0.25) is 0 Å². The number of ether oxygens (including phenoxy) is 2. The average Bonchev–Trinajstić information content (AvgIpc) is 3.30. The quantitative estimate of drug-likeness (QED) is 0.233. The maximum atomic E-state index is 6.06. The van der Waals surface area contributed by atoms with Crippen molar-refractivity contribution in [3.05, 3.63) is 107 Å². The van der Waals surface area contributed by atoms with E-state index in [1.54, 1.807) is 18.4 Å². The predicted molar refractivity (Wildman–Crippen MR) is 146 cm³/mol. The van der Waals surface area contributed by atoms with Gasteiger partial charge in [-0.15, -0.1) is 11.3 Å². The molecular formula is C29H25ClN2O2S. The van der Waals surface area contributed by atoms with Crippen LogP contribution < -0.4 is 14.8 Å². The Kier molecular flexibility index (Phi) is 6.89. The highest BCUT2D eigenvalue weighted by atomic mass is 35.5. The first-order chi connectivity index (χ1) is 17.1. The molecule has 0 spiro atoms. The number of methoxy groups -OCH3 is 1. The Labute approximate surface area is 214 Å². The smallest absolute Gasteiger partial charge is 0.161 e. The number of nitrogens with zero attached hydrogens (tertiary/aromatic N) is 1. The zero-order chi connectivity index (χ0) is 24.2. The van der Waals surface area contributed by atoms with E-state index in [0.29, 0.717) is 29.7 Å². The number of fused-ring (bicyclic) bond motifs is 1. The van der Waals surface area contributed by atoms with Crippen LogP contribution in [0, 0.1) is 6.92 Å². The van der Waals surface area contributed by atoms with E-state index in [0.717, 1.165) is 32.9 Å². The molecule has 1 aromatic heterocycles. The largest absolute Gasteiger partial charge is 0.493 e. The minimum Gasteiger partial charge on any atom is -0.493 e. The molecule has 4 nitrogen and oxygen atoms in total. The highest BCUT2D eigenvalue weighted by molar-refractivity contribution is 7.21. The van der Waals surface area contributed by atoms with Gasteiger partial charge in [0, 0.05) is 22.8 Å². The number of rotatable bonds is 8. The maximum Gasteiger partial charge on any atom is 0.161 e. The van der Waals surface area contributed by atoms with Crippen LogP contribution in [0.4, 0.5) is 5.69 Å². The van der Waals surface area contributed by atoms with Gasteiger partial charge in [0.25, 0.3) is 0 Å². The van der Waals surface area contributed by atoms with Gasteiger partial charge in [-0.2, -0.15) is 0 Å². The third-order valence-corrected chi connectivity index (χ3v) is 6.99. The molecule has 4 aromatic carbocycles. The molecule has 0 fully saturated rings. The van der Waals surface area contributed by atoms with Gasteiger partial charge in [-0.3, -0.25) is 0 Å². The van der Waals surface area contributed by atoms with Crippen LogP contribution in [-0.2, 0) is 13.2 Å². The molecule has 0 amide bonds. The summed E-state index contributed by atoms with van der Waals surface area (Å²) >= 11 is 7.79. The molecule has 0 aliphatic heterocycles. The van der Waals surface area contributed by atoms with Gasteiger partial charge >= 0.3 is 0 Å². The number of hydrogen-bond acceptors (Lipinski definition) is 5. The van der Waals surface area contributed by atoms with Crippen molar-refractivity contribution in [2.75, 3.05) is 12.4 Å². The normalized spacial score (nSPS) is 10.9. The summed E-state index contributed by atoms with van der Waals surface area (Å²) in [5.74, 6) is 1.40. The fourth-order valence-corrected chi connectivity index (χ4v) is 5.10. The van der Waals surface area contributed by atoms with Gasteiger partial charge in [0.15, 0.2) is 11.5 Å². The Bertz CT molecular complexity index is 1460. The number of thiazole rings is 1. The molecule has 0 aliphatic carbocycles. The number of anilines is 1. The van der Waals surface area contributed by atoms with Crippen LogP contribution in [-0.4, -0.2) is 12.1 Å². The van der Waals surface area contributed by atoms with Gasteiger partial charge in [0.05, 0.1) is 17.3 Å². The summed E-state index contributed by atoms with van der Waals surface area (Å²) in [4.78, 5) is 4.78. The molecule has 35 heavy (non-hydrogen) atoms. The van der Waals surface area contributed by atoms with Crippen molar-refractivity contribution in [1.82, 2.24) is 4.98 Å². The fourth-order valence-electron chi connectivity index (χ4n) is 3.82. The van der Waals surface area contributed by atoms with Crippen LogP contribution in [0.15, 0.2) is 84.9 Å². The number of halogens is 1. The molecule has 5 rings (SSSR count). The lowest BCUT2D eigenvalue weighted by Gasteiger charge is -2.13. The van der Waals surface area contributed by atoms with Crippen LogP contribution in [0.25, 0.3) is 20.8 Å². The summed E-state index contributed by atoms with van der Waals surface area (Å²) in [5, 5.41) is 5.21. The van der Waals surface area contributed by atoms with Crippen molar-refractivity contribution in [1.29, 1.82) is 0 Å². The molecule has 0 radical (unpaired) electrons. The van der Waals surface area contributed by atoms with E-state index in [1.807, 2.05) is 42.5 Å². The number of nitrogens with one attached hydrogen (secondary N) is 1. The second kappa shape index (κ2) is 10.4. The van der Waals surface area contributed by atoms with Crippen molar-refractivity contribution in [2.45, 2.75) is 20.1 Å². The number of benzene rings is 4. The first-order valence-electron chi connectivity index (χ1n) is 11.3. The van der Waals surface area contributed by atoms with E-state index >= 15 is 0 Å². The van der Waals surface area contributed by atoms with Gasteiger partial charge in [-0.05, 0) is 84.3 Å². The van der Waals surface area contributed by atoms with Crippen LogP contribution in [0.5, 0.6) is 11.5 Å². The molecule has 5 aromatic rings. The van der Waals surface area contributed by atoms with Crippen molar-refractivity contribution >= 4 is 38.8 Å². The Hall–Kier alpha value is -3.54. The van der Waals surface area contributed by atoms with Gasteiger partial charge in [-0.1, -0.05) is 35.9 Å². The second-order valence-corrected chi connectivity index (χ2v) is 9.79. The summed E-state index contributed by atoms with van der Waals surface area (Å²) < 4.78 is 12.7. The van der Waals surface area contributed by atoms with E-state index in [4.69, 9.17) is 26.1 Å². The van der Waals surface area contributed by atoms with Gasteiger partial charge in [0.1, 0.15) is 11.6 Å². The first-order valence-corrected chi connectivity index (χ1v) is 12.5. The number of aromatic nitrogens is 1. The highest BCUT2D eigenvalue weighted by Crippen LogP contribution is 2.32. The van der Waals surface area contributed by atoms with Gasteiger partial charge < -0.3 is 14.8 Å². The molecule has 1 heterocycles. The molecule has 0 saturated carbocycles. The van der Waals surface area contributed by atoms with E-state index in [-0.39, 0.29) is 0 Å². The number of aryl methyl sites for hydroxylation is 1. The third kappa shape index (κ3) is 5.59. The number of hydrogen-bond donors (Lipinski definition) is 1. The second-order valence-electron chi connectivity index (χ2n) is 8.32. The SMILES string of the molecule is COc1cc(CNc2ccc(-c3nc4ccc(C)cc4s3)cc2)ccc1OCc1cccc(Cl)c1. The van der Waals surface area contributed by atoms with Gasteiger partial charge in [-0.25, -0.2) is 4.98 Å². The summed E-state index contributed by atoms with van der Waals surface area (Å²) in [6.07, 6.45) is 0. The Morgan fingerprint density at radius 1 is 0.886 bits per heavy atom. The van der Waals surface area contributed by atoms with Crippen molar-refractivity contribution in [3.63, 3.8) is 0 Å². The topological polar surface area (TPSA) is 43.4 Å². The molecule has 0 saturated heterocycles. The van der Waals surface area contributed by atoms with E-state index in [9.17, 15) is 0 Å². The van der Waals surface area contributed by atoms with Crippen LogP contribution in [0.2, 0.25) is 5.02 Å². The molecule has 6 heteroatoms. The van der Waals surface area contributed by atoms with E-state index in [2.05, 4.69) is 54.7 Å². The molecule has 0 bridgehead atoms. The molecule has 0 unspecified atom stereocenters. The summed E-state index contributed by atoms with van der Waals surface area (Å²) in [6, 6.07) is 28.4. The summed E-state index contributed by atoms with van der Waals surface area (Å²) in [5.41, 5.74) is 6.58. The molecular weight excluding hydrogens is 476 g/mol. The first kappa shape index (κ1) is 23.2. The van der Waals surface area contributed by atoms with Crippen molar-refractivity contribution in [3.8, 4) is 22.1 Å². The molecule has 0 atom stereocenters. The van der Waals surface area contributed by atoms with Crippen LogP contribution in [0.1, 0.15) is 16.7 Å². The highest BCUT2D eigenvalue weighted by Gasteiger charge is 2.09. The average molecular weight is 501 g/mol. The molecule has 176 valence electrons. The zero-order valence-electron chi connectivity index (χ0n) is 19.5. The Morgan fingerprint density at radius 3 is 2.54 bits per heavy atom. The van der Waals surface area contributed by atoms with Crippen molar-refractivity contribution < 1.29 is 9.47 Å². The minimum absolute atomic E-state index is 0.426. The lowest BCUT2D eigenvalue weighted by molar-refractivity contribution is 0.284. The standard InChI is InChI=1S/C29H25ClN2O2S/c1-19-6-12-25-28(14-19)35-29(32-25)22-8-10-24(11-9-22)31-17-20-7-13-26(27(16-20)33-2)34-18-21-4-3-5-23(30)15-21/h3-16,31H,17-18H2,1-2H3. The Balaban J connectivity index is 1.22. The fraction of sp³-hybridized carbons (Fsp3) is 0.138. The lowest BCUT2D eigenvalue weighted by Crippen LogP contribution is -2.02. The Morgan fingerprint density at radius 2 is 1.74 bits per heavy atom. The molecule has 0 aliphatic rings. The predicted octanol–water partition coefficient (Wildman–Crippen LogP) is 8.12. The van der Waals surface area contributed by atoms with Crippen LogP contribution in [0.3, 0.4) is 0 Å². The van der Waals surface area contributed by atoms with E-state index in [1.165, 1.54) is 10.3 Å². The summed E-state index contributed by atoms with van der Waals surface area (Å²) in [6.45, 7) is 3.20.